The Hall–Kier alpha value is -1.64. The average Bonchev–Trinajstić information content (AvgIpc) is 2.26. The molecule has 1 aromatic rings. The topological polar surface area (TPSA) is 65.3 Å². The molecule has 0 aliphatic rings. The van der Waals surface area contributed by atoms with Gasteiger partial charge in [-0.15, -0.1) is 0 Å². The van der Waals surface area contributed by atoms with Gasteiger partial charge >= 0.3 is 0 Å². The Kier molecular flexibility index (Phi) is 4.70. The van der Waals surface area contributed by atoms with Crippen LogP contribution in [0.25, 0.3) is 0 Å². The van der Waals surface area contributed by atoms with Gasteiger partial charge in [-0.1, -0.05) is 0 Å². The van der Waals surface area contributed by atoms with Crippen LogP contribution in [-0.2, 0) is 4.74 Å². The molecular formula is C11H13FN2O2. The second-order valence-corrected chi connectivity index (χ2v) is 3.33. The third-order valence-corrected chi connectivity index (χ3v) is 1.93. The maximum Gasteiger partial charge on any atom is 0.126 e. The van der Waals surface area contributed by atoms with Gasteiger partial charge in [-0.25, -0.2) is 4.39 Å². The first-order chi connectivity index (χ1) is 7.65. The molecule has 0 aliphatic carbocycles. The number of nitrogens with one attached hydrogen (secondary N) is 1. The van der Waals surface area contributed by atoms with Crippen molar-refractivity contribution in [1.29, 1.82) is 5.26 Å². The van der Waals surface area contributed by atoms with Crippen molar-refractivity contribution in [2.75, 3.05) is 25.6 Å². The molecule has 1 atom stereocenters. The summed E-state index contributed by atoms with van der Waals surface area (Å²) < 4.78 is 17.8. The number of benzene rings is 1. The molecule has 16 heavy (non-hydrogen) atoms. The van der Waals surface area contributed by atoms with Crippen LogP contribution in [0.3, 0.4) is 0 Å². The first-order valence-electron chi connectivity index (χ1n) is 4.77. The number of rotatable bonds is 5. The van der Waals surface area contributed by atoms with Gasteiger partial charge in [-0.05, 0) is 18.2 Å². The third-order valence-electron chi connectivity index (χ3n) is 1.93. The van der Waals surface area contributed by atoms with E-state index in [0.717, 1.165) is 6.07 Å². The van der Waals surface area contributed by atoms with Gasteiger partial charge in [0.1, 0.15) is 5.82 Å². The quantitative estimate of drug-likeness (QED) is 0.786. The predicted octanol–water partition coefficient (Wildman–Crippen LogP) is 1.12. The van der Waals surface area contributed by atoms with Crippen LogP contribution in [0.4, 0.5) is 10.1 Å². The van der Waals surface area contributed by atoms with E-state index in [1.165, 1.54) is 19.2 Å². The Bertz CT molecular complexity index is 390. The minimum Gasteiger partial charge on any atom is -0.389 e. The highest BCUT2D eigenvalue weighted by molar-refractivity contribution is 5.49. The number of hydrogen-bond acceptors (Lipinski definition) is 4. The molecule has 1 aromatic carbocycles. The van der Waals surface area contributed by atoms with E-state index in [1.54, 1.807) is 0 Å². The second-order valence-electron chi connectivity index (χ2n) is 3.33. The van der Waals surface area contributed by atoms with E-state index in [0.29, 0.717) is 5.69 Å². The Labute approximate surface area is 93.3 Å². The molecule has 0 heterocycles. The molecule has 0 aliphatic heterocycles. The summed E-state index contributed by atoms with van der Waals surface area (Å²) in [4.78, 5) is 0. The zero-order chi connectivity index (χ0) is 12.0. The maximum absolute atomic E-state index is 13.0. The first-order valence-corrected chi connectivity index (χ1v) is 4.77. The van der Waals surface area contributed by atoms with Crippen LogP contribution in [0.15, 0.2) is 18.2 Å². The molecular weight excluding hydrogens is 211 g/mol. The summed E-state index contributed by atoms with van der Waals surface area (Å²) in [7, 11) is 1.49. The number of aliphatic hydroxyl groups excluding tert-OH is 1. The average molecular weight is 224 g/mol. The molecule has 0 saturated carbocycles. The minimum absolute atomic E-state index is 0.202. The van der Waals surface area contributed by atoms with Crippen LogP contribution >= 0.6 is 0 Å². The van der Waals surface area contributed by atoms with Gasteiger partial charge in [-0.2, -0.15) is 5.26 Å². The number of methoxy groups -OCH3 is 1. The number of ether oxygens (including phenoxy) is 1. The number of hydrogen-bond donors (Lipinski definition) is 2. The molecule has 4 nitrogen and oxygen atoms in total. The fraction of sp³-hybridized carbons (Fsp3) is 0.364. The van der Waals surface area contributed by atoms with Crippen LogP contribution in [0, 0.1) is 17.1 Å². The molecule has 5 heteroatoms. The number of anilines is 1. The van der Waals surface area contributed by atoms with E-state index in [1.807, 2.05) is 6.07 Å². The molecule has 0 spiro atoms. The van der Waals surface area contributed by atoms with Gasteiger partial charge in [0.05, 0.1) is 24.3 Å². The van der Waals surface area contributed by atoms with Crippen molar-refractivity contribution in [3.63, 3.8) is 0 Å². The SMILES string of the molecule is COCC(O)CNc1cc(F)cc(C#N)c1. The summed E-state index contributed by atoms with van der Waals surface area (Å²) in [5, 5.41) is 20.8. The van der Waals surface area contributed by atoms with Crippen molar-refractivity contribution in [1.82, 2.24) is 0 Å². The molecule has 0 amide bonds. The van der Waals surface area contributed by atoms with E-state index < -0.39 is 11.9 Å². The monoisotopic (exact) mass is 224 g/mol. The van der Waals surface area contributed by atoms with E-state index in [4.69, 9.17) is 10.00 Å². The Morgan fingerprint density at radius 1 is 1.56 bits per heavy atom. The van der Waals surface area contributed by atoms with Crippen molar-refractivity contribution in [2.24, 2.45) is 0 Å². The fourth-order valence-electron chi connectivity index (χ4n) is 1.24. The standard InChI is InChI=1S/C11H13FN2O2/c1-16-7-11(15)6-14-10-3-8(5-13)2-9(12)4-10/h2-4,11,14-15H,6-7H2,1H3. The molecule has 0 fully saturated rings. The second kappa shape index (κ2) is 6.05. The van der Waals surface area contributed by atoms with Gasteiger partial charge in [0.25, 0.3) is 0 Å². The van der Waals surface area contributed by atoms with Gasteiger partial charge in [0, 0.05) is 19.3 Å². The highest BCUT2D eigenvalue weighted by Crippen LogP contribution is 2.13. The Balaban J connectivity index is 2.60. The maximum atomic E-state index is 13.0. The van der Waals surface area contributed by atoms with E-state index in [9.17, 15) is 9.50 Å². The molecule has 0 radical (unpaired) electrons. The molecule has 0 saturated heterocycles. The smallest absolute Gasteiger partial charge is 0.126 e. The van der Waals surface area contributed by atoms with Gasteiger partial charge in [0.2, 0.25) is 0 Å². The summed E-state index contributed by atoms with van der Waals surface area (Å²) >= 11 is 0. The van der Waals surface area contributed by atoms with Crippen LogP contribution in [0.2, 0.25) is 0 Å². The minimum atomic E-state index is -0.668. The van der Waals surface area contributed by atoms with Crippen molar-refractivity contribution >= 4 is 5.69 Å². The van der Waals surface area contributed by atoms with E-state index in [2.05, 4.69) is 5.32 Å². The molecule has 86 valence electrons. The van der Waals surface area contributed by atoms with Crippen LogP contribution in [0.1, 0.15) is 5.56 Å². The number of nitriles is 1. The lowest BCUT2D eigenvalue weighted by molar-refractivity contribution is 0.0727. The van der Waals surface area contributed by atoms with E-state index in [-0.39, 0.29) is 18.7 Å². The highest BCUT2D eigenvalue weighted by atomic mass is 19.1. The molecule has 0 bridgehead atoms. The molecule has 1 rings (SSSR count). The van der Waals surface area contributed by atoms with Crippen LogP contribution < -0.4 is 5.32 Å². The van der Waals surface area contributed by atoms with Gasteiger partial charge in [-0.3, -0.25) is 0 Å². The van der Waals surface area contributed by atoms with Gasteiger partial charge < -0.3 is 15.2 Å². The zero-order valence-electron chi connectivity index (χ0n) is 8.90. The van der Waals surface area contributed by atoms with Gasteiger partial charge in [0.15, 0.2) is 0 Å². The molecule has 2 N–H and O–H groups in total. The van der Waals surface area contributed by atoms with E-state index >= 15 is 0 Å². The van der Waals surface area contributed by atoms with Crippen molar-refractivity contribution in [3.8, 4) is 6.07 Å². The lowest BCUT2D eigenvalue weighted by Gasteiger charge is -2.11. The lowest BCUT2D eigenvalue weighted by Crippen LogP contribution is -2.24. The summed E-state index contributed by atoms with van der Waals surface area (Å²) in [6.45, 7) is 0.440. The fourth-order valence-corrected chi connectivity index (χ4v) is 1.24. The molecule has 1 unspecified atom stereocenters. The summed E-state index contributed by atoms with van der Waals surface area (Å²) in [5.74, 6) is -0.484. The van der Waals surface area contributed by atoms with Crippen molar-refractivity contribution in [2.45, 2.75) is 6.10 Å². The van der Waals surface area contributed by atoms with Crippen LogP contribution in [-0.4, -0.2) is 31.5 Å². The highest BCUT2D eigenvalue weighted by Gasteiger charge is 2.04. The summed E-state index contributed by atoms with van der Waals surface area (Å²) in [6.07, 6.45) is -0.668. The normalized spacial score (nSPS) is 11.9. The van der Waals surface area contributed by atoms with Crippen LogP contribution in [0.5, 0.6) is 0 Å². The Morgan fingerprint density at radius 2 is 2.31 bits per heavy atom. The first kappa shape index (κ1) is 12.4. The lowest BCUT2D eigenvalue weighted by atomic mass is 10.2. The Morgan fingerprint density at radius 3 is 2.94 bits per heavy atom. The largest absolute Gasteiger partial charge is 0.389 e. The zero-order valence-corrected chi connectivity index (χ0v) is 8.90. The number of halogens is 1. The molecule has 0 aromatic heterocycles. The number of aliphatic hydroxyl groups is 1. The summed E-state index contributed by atoms with van der Waals surface area (Å²) in [6, 6.07) is 5.78. The predicted molar refractivity (Wildman–Crippen MR) is 57.5 cm³/mol. The van der Waals surface area contributed by atoms with Crippen molar-refractivity contribution in [3.05, 3.63) is 29.6 Å². The third kappa shape index (κ3) is 3.85. The number of nitrogens with zero attached hydrogens (tertiary/aromatic N) is 1. The summed E-state index contributed by atoms with van der Waals surface area (Å²) in [5.41, 5.74) is 0.704. The van der Waals surface area contributed by atoms with Crippen molar-refractivity contribution < 1.29 is 14.2 Å².